The molecule has 2 atom stereocenters. The molecule has 0 saturated carbocycles. The average molecular weight is 303 g/mol. The number of rotatable bonds is 3. The second kappa shape index (κ2) is 6.49. The van der Waals surface area contributed by atoms with E-state index in [0.29, 0.717) is 21.6 Å². The van der Waals surface area contributed by atoms with Gasteiger partial charge < -0.3 is 0 Å². The standard InChI is InChI=1S/C13H19ClN2S2/c1-8(2)6-10-7-11(14)16-13(15-10)12-9(3)17-4-5-18-12/h7-9,12H,4-6H2,1-3H3. The van der Waals surface area contributed by atoms with Crippen molar-refractivity contribution in [2.75, 3.05) is 11.5 Å². The van der Waals surface area contributed by atoms with Crippen LogP contribution >= 0.6 is 35.1 Å². The minimum absolute atomic E-state index is 0.383. The van der Waals surface area contributed by atoms with E-state index in [9.17, 15) is 0 Å². The van der Waals surface area contributed by atoms with Gasteiger partial charge in [0.05, 0.1) is 5.25 Å². The Morgan fingerprint density at radius 1 is 1.33 bits per heavy atom. The van der Waals surface area contributed by atoms with E-state index < -0.39 is 0 Å². The molecule has 5 heteroatoms. The molecule has 1 aliphatic rings. The molecule has 100 valence electrons. The Morgan fingerprint density at radius 3 is 2.72 bits per heavy atom. The topological polar surface area (TPSA) is 25.8 Å². The Bertz CT molecular complexity index is 412. The number of hydrogen-bond acceptors (Lipinski definition) is 4. The van der Waals surface area contributed by atoms with Crippen LogP contribution in [0.15, 0.2) is 6.07 Å². The van der Waals surface area contributed by atoms with E-state index >= 15 is 0 Å². The maximum Gasteiger partial charge on any atom is 0.144 e. The predicted molar refractivity (Wildman–Crippen MR) is 82.7 cm³/mol. The summed E-state index contributed by atoms with van der Waals surface area (Å²) in [5, 5.41) is 1.53. The molecule has 0 amide bonds. The summed E-state index contributed by atoms with van der Waals surface area (Å²) in [5.41, 5.74) is 1.07. The minimum Gasteiger partial charge on any atom is -0.237 e. The van der Waals surface area contributed by atoms with Gasteiger partial charge in [-0.05, 0) is 18.4 Å². The molecule has 1 aliphatic heterocycles. The lowest BCUT2D eigenvalue weighted by Gasteiger charge is -2.26. The van der Waals surface area contributed by atoms with Crippen molar-refractivity contribution >= 4 is 35.1 Å². The first-order chi connectivity index (χ1) is 8.56. The summed E-state index contributed by atoms with van der Waals surface area (Å²) in [6.07, 6.45) is 0.966. The van der Waals surface area contributed by atoms with E-state index in [1.807, 2.05) is 29.6 Å². The van der Waals surface area contributed by atoms with Crippen molar-refractivity contribution < 1.29 is 0 Å². The lowest BCUT2D eigenvalue weighted by atomic mass is 10.1. The average Bonchev–Trinajstić information content (AvgIpc) is 2.27. The number of thioether (sulfide) groups is 2. The van der Waals surface area contributed by atoms with Gasteiger partial charge in [-0.3, -0.25) is 0 Å². The monoisotopic (exact) mass is 302 g/mol. The van der Waals surface area contributed by atoms with Crippen LogP contribution < -0.4 is 0 Å². The van der Waals surface area contributed by atoms with Crippen LogP contribution in [0.4, 0.5) is 0 Å². The second-order valence-corrected chi connectivity index (χ2v) is 8.13. The highest BCUT2D eigenvalue weighted by Gasteiger charge is 2.27. The van der Waals surface area contributed by atoms with E-state index in [-0.39, 0.29) is 0 Å². The van der Waals surface area contributed by atoms with Crippen LogP contribution in [0, 0.1) is 5.92 Å². The fraction of sp³-hybridized carbons (Fsp3) is 0.692. The van der Waals surface area contributed by atoms with Crippen LogP contribution in [0.1, 0.15) is 37.5 Å². The number of halogens is 1. The van der Waals surface area contributed by atoms with Crippen LogP contribution in [0.2, 0.25) is 5.15 Å². The molecule has 1 saturated heterocycles. The molecule has 1 aromatic rings. The third kappa shape index (κ3) is 3.78. The SMILES string of the molecule is CC(C)Cc1cc(Cl)nc(C2SCCSC2C)n1. The summed E-state index contributed by atoms with van der Waals surface area (Å²) < 4.78 is 0. The van der Waals surface area contributed by atoms with Gasteiger partial charge in [-0.15, -0.1) is 11.8 Å². The van der Waals surface area contributed by atoms with Gasteiger partial charge in [0.25, 0.3) is 0 Å². The maximum absolute atomic E-state index is 6.13. The highest BCUT2D eigenvalue weighted by Crippen LogP contribution is 2.41. The molecule has 2 rings (SSSR count). The Morgan fingerprint density at radius 2 is 2.06 bits per heavy atom. The molecular formula is C13H19ClN2S2. The van der Waals surface area contributed by atoms with Crippen LogP contribution in [0.5, 0.6) is 0 Å². The molecule has 18 heavy (non-hydrogen) atoms. The molecule has 1 aromatic heterocycles. The molecular weight excluding hydrogens is 284 g/mol. The first-order valence-corrected chi connectivity index (χ1v) is 8.80. The van der Waals surface area contributed by atoms with E-state index in [1.165, 1.54) is 11.5 Å². The Hall–Kier alpha value is 0.0700. The largest absolute Gasteiger partial charge is 0.237 e. The molecule has 0 radical (unpaired) electrons. The van der Waals surface area contributed by atoms with E-state index in [0.717, 1.165) is 17.9 Å². The first-order valence-electron chi connectivity index (χ1n) is 6.33. The van der Waals surface area contributed by atoms with Gasteiger partial charge in [0.15, 0.2) is 0 Å². The van der Waals surface area contributed by atoms with Crippen molar-refractivity contribution in [3.05, 3.63) is 22.7 Å². The molecule has 0 bridgehead atoms. The zero-order valence-electron chi connectivity index (χ0n) is 11.0. The summed E-state index contributed by atoms with van der Waals surface area (Å²) in [6, 6.07) is 1.90. The fourth-order valence-electron chi connectivity index (χ4n) is 2.05. The van der Waals surface area contributed by atoms with Gasteiger partial charge >= 0.3 is 0 Å². The Balaban J connectivity index is 2.23. The second-order valence-electron chi connectivity index (χ2n) is 5.01. The summed E-state index contributed by atoms with van der Waals surface area (Å²) in [5.74, 6) is 3.91. The molecule has 2 unspecified atom stereocenters. The normalized spacial score (nSPS) is 24.5. The van der Waals surface area contributed by atoms with Crippen molar-refractivity contribution in [1.82, 2.24) is 9.97 Å². The van der Waals surface area contributed by atoms with Gasteiger partial charge in [0, 0.05) is 22.4 Å². The summed E-state index contributed by atoms with van der Waals surface area (Å²) >= 11 is 10.1. The Labute approximate surface area is 123 Å². The van der Waals surface area contributed by atoms with Gasteiger partial charge in [-0.25, -0.2) is 9.97 Å². The van der Waals surface area contributed by atoms with Crippen LogP contribution in [-0.2, 0) is 6.42 Å². The lowest BCUT2D eigenvalue weighted by molar-refractivity contribution is 0.628. The molecule has 0 aliphatic carbocycles. The quantitative estimate of drug-likeness (QED) is 0.780. The van der Waals surface area contributed by atoms with E-state index in [1.54, 1.807) is 0 Å². The molecule has 2 heterocycles. The van der Waals surface area contributed by atoms with E-state index in [2.05, 4.69) is 25.8 Å². The summed E-state index contributed by atoms with van der Waals surface area (Å²) in [6.45, 7) is 6.65. The van der Waals surface area contributed by atoms with Gasteiger partial charge in [0.1, 0.15) is 11.0 Å². The number of aromatic nitrogens is 2. The van der Waals surface area contributed by atoms with Gasteiger partial charge in [0.2, 0.25) is 0 Å². The lowest BCUT2D eigenvalue weighted by Crippen LogP contribution is -2.19. The van der Waals surface area contributed by atoms with Crippen molar-refractivity contribution in [2.24, 2.45) is 5.92 Å². The molecule has 0 spiro atoms. The summed E-state index contributed by atoms with van der Waals surface area (Å²) in [4.78, 5) is 9.15. The summed E-state index contributed by atoms with van der Waals surface area (Å²) in [7, 11) is 0. The van der Waals surface area contributed by atoms with Gasteiger partial charge in [-0.1, -0.05) is 32.4 Å². The predicted octanol–water partition coefficient (Wildman–Crippen LogP) is 4.24. The molecule has 1 fully saturated rings. The van der Waals surface area contributed by atoms with Crippen LogP contribution in [-0.4, -0.2) is 26.7 Å². The fourth-order valence-corrected chi connectivity index (χ4v) is 4.95. The van der Waals surface area contributed by atoms with Crippen LogP contribution in [0.25, 0.3) is 0 Å². The third-order valence-corrected chi connectivity index (χ3v) is 6.11. The number of hydrogen-bond donors (Lipinski definition) is 0. The number of nitrogens with zero attached hydrogens (tertiary/aromatic N) is 2. The molecule has 0 N–H and O–H groups in total. The maximum atomic E-state index is 6.13. The first kappa shape index (κ1) is 14.5. The van der Waals surface area contributed by atoms with Crippen molar-refractivity contribution in [3.63, 3.8) is 0 Å². The molecule has 0 aromatic carbocycles. The minimum atomic E-state index is 0.383. The van der Waals surface area contributed by atoms with Crippen molar-refractivity contribution in [1.29, 1.82) is 0 Å². The van der Waals surface area contributed by atoms with E-state index in [4.69, 9.17) is 16.6 Å². The Kier molecular flexibility index (Phi) is 5.22. The molecule has 2 nitrogen and oxygen atoms in total. The smallest absolute Gasteiger partial charge is 0.144 e. The van der Waals surface area contributed by atoms with Crippen molar-refractivity contribution in [2.45, 2.75) is 37.7 Å². The van der Waals surface area contributed by atoms with Crippen LogP contribution in [0.3, 0.4) is 0 Å². The zero-order chi connectivity index (χ0) is 13.1. The zero-order valence-corrected chi connectivity index (χ0v) is 13.4. The van der Waals surface area contributed by atoms with Crippen molar-refractivity contribution in [3.8, 4) is 0 Å². The third-order valence-electron chi connectivity index (χ3n) is 2.82. The highest BCUT2D eigenvalue weighted by atomic mass is 35.5. The van der Waals surface area contributed by atoms with Gasteiger partial charge in [-0.2, -0.15) is 11.8 Å². The highest BCUT2D eigenvalue weighted by molar-refractivity contribution is 8.06.